The fraction of sp³-hybridized carbons (Fsp3) is 0.391. The molecule has 0 unspecified atom stereocenters. The molecule has 0 radical (unpaired) electrons. The van der Waals surface area contributed by atoms with Gasteiger partial charge in [-0.15, -0.1) is 0 Å². The lowest BCUT2D eigenvalue weighted by atomic mass is 9.96. The highest BCUT2D eigenvalue weighted by molar-refractivity contribution is 5.95. The van der Waals surface area contributed by atoms with Crippen molar-refractivity contribution in [3.8, 4) is 0 Å². The van der Waals surface area contributed by atoms with E-state index in [-0.39, 0.29) is 42.7 Å². The van der Waals surface area contributed by atoms with Gasteiger partial charge in [0.25, 0.3) is 0 Å². The molecule has 0 aromatic heterocycles. The van der Waals surface area contributed by atoms with Gasteiger partial charge in [0, 0.05) is 18.8 Å². The highest BCUT2D eigenvalue weighted by Gasteiger charge is 2.19. The van der Waals surface area contributed by atoms with Gasteiger partial charge in [-0.2, -0.15) is 0 Å². The van der Waals surface area contributed by atoms with Crippen molar-refractivity contribution in [1.82, 2.24) is 10.2 Å². The van der Waals surface area contributed by atoms with Gasteiger partial charge < -0.3 is 15.5 Å². The number of amides is 2. The Kier molecular flexibility index (Phi) is 7.91. The molecule has 2 aromatic rings. The lowest BCUT2D eigenvalue weighted by molar-refractivity contribution is -0.132. The minimum atomic E-state index is -0.290. The molecule has 0 saturated carbocycles. The van der Waals surface area contributed by atoms with Gasteiger partial charge in [-0.25, -0.2) is 4.39 Å². The minimum Gasteiger partial charge on any atom is -0.335 e. The van der Waals surface area contributed by atoms with E-state index in [1.165, 1.54) is 17.0 Å². The van der Waals surface area contributed by atoms with Crippen molar-refractivity contribution < 1.29 is 14.0 Å². The van der Waals surface area contributed by atoms with Crippen LogP contribution < -0.4 is 10.6 Å². The highest BCUT2D eigenvalue weighted by Crippen LogP contribution is 2.22. The van der Waals surface area contributed by atoms with Gasteiger partial charge in [-0.05, 0) is 48.6 Å². The Morgan fingerprint density at radius 2 is 1.62 bits per heavy atom. The number of likely N-dealkylation sites (N-methyl/N-ethyl adjacent to an activating group) is 1. The number of carbonyl (C=O) groups is 2. The molecule has 2 amide bonds. The van der Waals surface area contributed by atoms with Crippen molar-refractivity contribution in [2.45, 2.75) is 33.7 Å². The third-order valence-corrected chi connectivity index (χ3v) is 4.92. The van der Waals surface area contributed by atoms with Gasteiger partial charge in [0.2, 0.25) is 11.8 Å². The summed E-state index contributed by atoms with van der Waals surface area (Å²) in [6, 6.07) is 12.0. The van der Waals surface area contributed by atoms with Crippen LogP contribution in [0.1, 0.15) is 36.6 Å². The molecule has 1 atom stereocenters. The third kappa shape index (κ3) is 6.39. The molecule has 29 heavy (non-hydrogen) atoms. The van der Waals surface area contributed by atoms with E-state index in [0.717, 1.165) is 22.4 Å². The van der Waals surface area contributed by atoms with Gasteiger partial charge in [-0.1, -0.05) is 44.2 Å². The molecular weight excluding hydrogens is 369 g/mol. The van der Waals surface area contributed by atoms with Gasteiger partial charge in [0.15, 0.2) is 0 Å². The number of hydrogen-bond donors (Lipinski definition) is 2. The first kappa shape index (κ1) is 22.6. The predicted molar refractivity (Wildman–Crippen MR) is 114 cm³/mol. The summed E-state index contributed by atoms with van der Waals surface area (Å²) in [6.45, 7) is 8.00. The number of para-hydroxylation sites is 1. The SMILES string of the molecule is Cc1cccc(C)c1NC(=O)CN(C)C(=O)CN[C@@H](c1ccc(F)cc1)C(C)C. The number of carbonyl (C=O) groups excluding carboxylic acids is 2. The number of hydrogen-bond acceptors (Lipinski definition) is 3. The van der Waals surface area contributed by atoms with Crippen molar-refractivity contribution in [1.29, 1.82) is 0 Å². The molecule has 0 aliphatic carbocycles. The van der Waals surface area contributed by atoms with E-state index < -0.39 is 0 Å². The standard InChI is InChI=1S/C23H30FN3O2/c1-15(2)22(18-9-11-19(24)12-10-18)25-13-21(29)27(5)14-20(28)26-23-16(3)7-6-8-17(23)4/h6-12,15,22,25H,13-14H2,1-5H3,(H,26,28)/t22-/m1/s1. The Labute approximate surface area is 172 Å². The molecule has 0 bridgehead atoms. The summed E-state index contributed by atoms with van der Waals surface area (Å²) in [5.41, 5.74) is 3.67. The predicted octanol–water partition coefficient (Wildman–Crippen LogP) is 3.83. The van der Waals surface area contributed by atoms with Crippen molar-refractivity contribution in [3.63, 3.8) is 0 Å². The van der Waals surface area contributed by atoms with E-state index in [9.17, 15) is 14.0 Å². The Balaban J connectivity index is 1.92. The molecule has 2 N–H and O–H groups in total. The average Bonchev–Trinajstić information content (AvgIpc) is 2.66. The molecule has 0 aliphatic rings. The van der Waals surface area contributed by atoms with Crippen LogP contribution in [0.15, 0.2) is 42.5 Å². The number of benzene rings is 2. The topological polar surface area (TPSA) is 61.4 Å². The van der Waals surface area contributed by atoms with E-state index in [1.54, 1.807) is 19.2 Å². The molecule has 0 fully saturated rings. The summed E-state index contributed by atoms with van der Waals surface area (Å²) >= 11 is 0. The maximum atomic E-state index is 13.2. The molecule has 0 aliphatic heterocycles. The zero-order valence-corrected chi connectivity index (χ0v) is 17.8. The van der Waals surface area contributed by atoms with Crippen molar-refractivity contribution in [3.05, 3.63) is 65.0 Å². The van der Waals surface area contributed by atoms with E-state index >= 15 is 0 Å². The Morgan fingerprint density at radius 3 is 2.17 bits per heavy atom. The van der Waals surface area contributed by atoms with Crippen molar-refractivity contribution in [2.75, 3.05) is 25.5 Å². The molecule has 0 heterocycles. The zero-order chi connectivity index (χ0) is 21.6. The summed E-state index contributed by atoms with van der Waals surface area (Å²) in [7, 11) is 1.61. The molecule has 5 nitrogen and oxygen atoms in total. The van der Waals surface area contributed by atoms with E-state index in [0.29, 0.717) is 0 Å². The normalized spacial score (nSPS) is 12.0. The first-order chi connectivity index (χ1) is 13.7. The Morgan fingerprint density at radius 1 is 1.03 bits per heavy atom. The van der Waals surface area contributed by atoms with Gasteiger partial charge >= 0.3 is 0 Å². The number of nitrogens with one attached hydrogen (secondary N) is 2. The maximum Gasteiger partial charge on any atom is 0.243 e. The van der Waals surface area contributed by atoms with Crippen LogP contribution in [-0.2, 0) is 9.59 Å². The number of anilines is 1. The molecule has 2 aromatic carbocycles. The average molecular weight is 400 g/mol. The van der Waals surface area contributed by atoms with E-state index in [2.05, 4.69) is 10.6 Å². The summed E-state index contributed by atoms with van der Waals surface area (Å²) in [5, 5.41) is 6.12. The molecule has 2 rings (SSSR count). The fourth-order valence-corrected chi connectivity index (χ4v) is 3.23. The monoisotopic (exact) mass is 399 g/mol. The van der Waals surface area contributed by atoms with E-state index in [1.807, 2.05) is 45.9 Å². The minimum absolute atomic E-state index is 0.0306. The summed E-state index contributed by atoms with van der Waals surface area (Å²) < 4.78 is 13.2. The number of aryl methyl sites for hydroxylation is 2. The molecular formula is C23H30FN3O2. The third-order valence-electron chi connectivity index (χ3n) is 4.92. The van der Waals surface area contributed by atoms with Crippen LogP contribution in [0.4, 0.5) is 10.1 Å². The summed E-state index contributed by atoms with van der Waals surface area (Å²) in [5.74, 6) is -0.500. The molecule has 0 spiro atoms. The second kappa shape index (κ2) is 10.2. The quantitative estimate of drug-likeness (QED) is 0.709. The fourth-order valence-electron chi connectivity index (χ4n) is 3.23. The summed E-state index contributed by atoms with van der Waals surface area (Å²) in [6.07, 6.45) is 0. The first-order valence-electron chi connectivity index (χ1n) is 9.78. The molecule has 156 valence electrons. The van der Waals surface area contributed by atoms with Gasteiger partial charge in [0.1, 0.15) is 5.82 Å². The van der Waals surface area contributed by atoms with Crippen molar-refractivity contribution in [2.24, 2.45) is 5.92 Å². The second-order valence-electron chi connectivity index (χ2n) is 7.72. The largest absolute Gasteiger partial charge is 0.335 e. The van der Waals surface area contributed by atoms with Gasteiger partial charge in [-0.3, -0.25) is 9.59 Å². The number of nitrogens with zero attached hydrogens (tertiary/aromatic N) is 1. The van der Waals surface area contributed by atoms with Crippen LogP contribution in [0.2, 0.25) is 0 Å². The molecule has 0 saturated heterocycles. The van der Waals surface area contributed by atoms with Crippen molar-refractivity contribution >= 4 is 17.5 Å². The van der Waals surface area contributed by atoms with Crippen LogP contribution in [0.3, 0.4) is 0 Å². The Hall–Kier alpha value is -2.73. The van der Waals surface area contributed by atoms with Crippen LogP contribution in [0.5, 0.6) is 0 Å². The first-order valence-corrected chi connectivity index (χ1v) is 9.78. The highest BCUT2D eigenvalue weighted by atomic mass is 19.1. The molecule has 6 heteroatoms. The van der Waals surface area contributed by atoms with Crippen LogP contribution >= 0.6 is 0 Å². The van der Waals surface area contributed by atoms with Gasteiger partial charge in [0.05, 0.1) is 13.1 Å². The van der Waals surface area contributed by atoms with Crippen LogP contribution in [0.25, 0.3) is 0 Å². The van der Waals surface area contributed by atoms with E-state index in [4.69, 9.17) is 0 Å². The second-order valence-corrected chi connectivity index (χ2v) is 7.72. The Bertz CT molecular complexity index is 829. The lowest BCUT2D eigenvalue weighted by Gasteiger charge is -2.24. The maximum absolute atomic E-state index is 13.2. The van der Waals surface area contributed by atoms with Crippen LogP contribution in [0, 0.1) is 25.6 Å². The van der Waals surface area contributed by atoms with Crippen LogP contribution in [-0.4, -0.2) is 36.9 Å². The number of halogens is 1. The lowest BCUT2D eigenvalue weighted by Crippen LogP contribution is -2.41. The number of rotatable bonds is 8. The smallest absolute Gasteiger partial charge is 0.243 e. The zero-order valence-electron chi connectivity index (χ0n) is 17.8. The summed E-state index contributed by atoms with van der Waals surface area (Å²) in [4.78, 5) is 26.3.